The van der Waals surface area contributed by atoms with Crippen LogP contribution in [0.15, 0.2) is 67.1 Å². The summed E-state index contributed by atoms with van der Waals surface area (Å²) < 4.78 is 0. The van der Waals surface area contributed by atoms with E-state index in [2.05, 4.69) is 47.9 Å². The number of piperidine rings is 1. The third-order valence-electron chi connectivity index (χ3n) is 7.86. The highest BCUT2D eigenvalue weighted by atomic mass is 32.1. The first-order chi connectivity index (χ1) is 20.5. The third kappa shape index (κ3) is 5.10. The van der Waals surface area contributed by atoms with E-state index in [0.717, 1.165) is 85.7 Å². The van der Waals surface area contributed by atoms with Crippen molar-refractivity contribution in [3.63, 3.8) is 0 Å². The van der Waals surface area contributed by atoms with Crippen molar-refractivity contribution in [3.05, 3.63) is 72.0 Å². The topological polar surface area (TPSA) is 128 Å². The first-order valence-electron chi connectivity index (χ1n) is 14.1. The largest absolute Gasteiger partial charge is 0.338 e. The number of carbonyl (C=O) groups excluding carboxylic acids is 2. The summed E-state index contributed by atoms with van der Waals surface area (Å²) in [4.78, 5) is 38.7. The predicted octanol–water partition coefficient (Wildman–Crippen LogP) is 6.43. The molecule has 1 amide bonds. The van der Waals surface area contributed by atoms with Crippen LogP contribution in [0.25, 0.3) is 54.9 Å². The second kappa shape index (κ2) is 11.0. The number of H-pyrrole nitrogens is 2. The number of aromatic nitrogens is 5. The lowest BCUT2D eigenvalue weighted by molar-refractivity contribution is -0.117. The van der Waals surface area contributed by atoms with Crippen molar-refractivity contribution in [2.24, 2.45) is 5.92 Å². The lowest BCUT2D eigenvalue weighted by atomic mass is 9.94. The van der Waals surface area contributed by atoms with E-state index in [1.165, 1.54) is 11.3 Å². The van der Waals surface area contributed by atoms with E-state index < -0.39 is 0 Å². The maximum absolute atomic E-state index is 12.7. The van der Waals surface area contributed by atoms with Gasteiger partial charge in [-0.25, -0.2) is 4.98 Å². The molecular weight excluding hydrogens is 546 g/mol. The minimum atomic E-state index is 0.0280. The van der Waals surface area contributed by atoms with E-state index in [0.29, 0.717) is 18.0 Å². The summed E-state index contributed by atoms with van der Waals surface area (Å²) in [6, 6.07) is 16.0. The lowest BCUT2D eigenvalue weighted by Gasteiger charge is -2.21. The molecule has 9 nitrogen and oxygen atoms in total. The number of Topliss-reactive ketones (excluding diaryl/α,β-unsaturated/α-hetero) is 1. The average molecular weight is 576 g/mol. The van der Waals surface area contributed by atoms with Crippen molar-refractivity contribution in [1.82, 2.24) is 30.5 Å². The van der Waals surface area contributed by atoms with Gasteiger partial charge in [0.1, 0.15) is 11.3 Å². The Morgan fingerprint density at radius 1 is 1.00 bits per heavy atom. The SMILES string of the molecule is CC(=O)c1ccc(-c2ccnc3[nH]c(-c4n[nH]c5ccc(-c6cncc(NC(=O)CC7CCNCC7)c6)cc45)cc23)s1. The van der Waals surface area contributed by atoms with Crippen LogP contribution in [0.4, 0.5) is 5.69 Å². The molecule has 1 saturated heterocycles. The van der Waals surface area contributed by atoms with Gasteiger partial charge in [-0.1, -0.05) is 6.07 Å². The minimum Gasteiger partial charge on any atom is -0.338 e. The fraction of sp³-hybridized carbons (Fsp3) is 0.219. The number of pyridine rings is 2. The average Bonchev–Trinajstić information content (AvgIpc) is 3.75. The quantitative estimate of drug-likeness (QED) is 0.163. The van der Waals surface area contributed by atoms with Gasteiger partial charge < -0.3 is 15.6 Å². The van der Waals surface area contributed by atoms with Gasteiger partial charge >= 0.3 is 0 Å². The molecule has 0 saturated carbocycles. The van der Waals surface area contributed by atoms with Crippen molar-refractivity contribution >= 4 is 50.7 Å². The Hall–Kier alpha value is -4.67. The van der Waals surface area contributed by atoms with E-state index in [1.807, 2.05) is 36.4 Å². The van der Waals surface area contributed by atoms with Crippen LogP contribution in [0.5, 0.6) is 0 Å². The van der Waals surface area contributed by atoms with Gasteiger partial charge in [0, 0.05) is 45.6 Å². The minimum absolute atomic E-state index is 0.0280. The molecule has 1 aliphatic heterocycles. The summed E-state index contributed by atoms with van der Waals surface area (Å²) in [5.74, 6) is 0.509. The number of hydrogen-bond acceptors (Lipinski definition) is 7. The molecule has 0 radical (unpaired) electrons. The number of ketones is 1. The highest BCUT2D eigenvalue weighted by Crippen LogP contribution is 2.37. The number of rotatable bonds is 7. The molecule has 0 unspecified atom stereocenters. The van der Waals surface area contributed by atoms with Crippen LogP contribution in [0.1, 0.15) is 35.9 Å². The molecule has 0 bridgehead atoms. The summed E-state index contributed by atoms with van der Waals surface area (Å²) in [5, 5.41) is 16.1. The normalized spacial score (nSPS) is 14.0. The zero-order valence-electron chi connectivity index (χ0n) is 23.0. The maximum atomic E-state index is 12.7. The fourth-order valence-electron chi connectivity index (χ4n) is 5.67. The zero-order chi connectivity index (χ0) is 28.6. The molecule has 210 valence electrons. The number of fused-ring (bicyclic) bond motifs is 2. The van der Waals surface area contributed by atoms with Gasteiger partial charge in [-0.05, 0) is 86.8 Å². The molecule has 6 aromatic rings. The first kappa shape index (κ1) is 26.2. The number of nitrogens with one attached hydrogen (secondary N) is 4. The predicted molar refractivity (Wildman–Crippen MR) is 167 cm³/mol. The smallest absolute Gasteiger partial charge is 0.224 e. The molecule has 6 heterocycles. The van der Waals surface area contributed by atoms with E-state index in [9.17, 15) is 9.59 Å². The van der Waals surface area contributed by atoms with Crippen LogP contribution in [-0.4, -0.2) is 49.9 Å². The Labute approximate surface area is 245 Å². The van der Waals surface area contributed by atoms with Crippen molar-refractivity contribution in [1.29, 1.82) is 0 Å². The van der Waals surface area contributed by atoms with Gasteiger partial charge in [0.25, 0.3) is 0 Å². The van der Waals surface area contributed by atoms with Gasteiger partial charge in [0.05, 0.1) is 28.0 Å². The van der Waals surface area contributed by atoms with Crippen LogP contribution in [0, 0.1) is 5.92 Å². The first-order valence-corrected chi connectivity index (χ1v) is 14.9. The number of carbonyl (C=O) groups is 2. The Morgan fingerprint density at radius 3 is 2.71 bits per heavy atom. The molecule has 7 rings (SSSR count). The molecule has 10 heteroatoms. The zero-order valence-corrected chi connectivity index (χ0v) is 23.8. The maximum Gasteiger partial charge on any atom is 0.224 e. The van der Waals surface area contributed by atoms with Gasteiger partial charge in [0.2, 0.25) is 5.91 Å². The second-order valence-electron chi connectivity index (χ2n) is 10.8. The number of anilines is 1. The second-order valence-corrected chi connectivity index (χ2v) is 11.8. The number of amides is 1. The van der Waals surface area contributed by atoms with Gasteiger partial charge in [0.15, 0.2) is 5.78 Å². The van der Waals surface area contributed by atoms with Crippen LogP contribution < -0.4 is 10.6 Å². The molecule has 1 fully saturated rings. The van der Waals surface area contributed by atoms with E-state index >= 15 is 0 Å². The van der Waals surface area contributed by atoms with Crippen LogP contribution in [0.2, 0.25) is 0 Å². The number of nitrogens with zero attached hydrogens (tertiary/aromatic N) is 3. The standard InChI is InChI=1S/C32H29N7O2S/c1-18(40)28-4-5-29(42-28)23-8-11-35-32-24(23)15-27(37-32)31-25-14-20(2-3-26(25)38-39-31)21-13-22(17-34-16-21)36-30(41)12-19-6-9-33-10-7-19/h2-5,8,11,13-17,19,33H,6-7,9-10,12H2,1H3,(H,35,37)(H,36,41)(H,38,39). The van der Waals surface area contributed by atoms with Crippen molar-refractivity contribution in [3.8, 4) is 33.0 Å². The number of aromatic amines is 2. The lowest BCUT2D eigenvalue weighted by Crippen LogP contribution is -2.30. The monoisotopic (exact) mass is 575 g/mol. The van der Waals surface area contributed by atoms with Crippen molar-refractivity contribution in [2.45, 2.75) is 26.2 Å². The molecule has 1 aliphatic rings. The highest BCUT2D eigenvalue weighted by molar-refractivity contribution is 7.17. The molecule has 42 heavy (non-hydrogen) atoms. The van der Waals surface area contributed by atoms with Gasteiger partial charge in [-0.3, -0.25) is 19.7 Å². The van der Waals surface area contributed by atoms with Crippen LogP contribution >= 0.6 is 11.3 Å². The fourth-order valence-corrected chi connectivity index (χ4v) is 6.61. The van der Waals surface area contributed by atoms with Crippen molar-refractivity contribution < 1.29 is 9.59 Å². The Bertz CT molecular complexity index is 1950. The summed E-state index contributed by atoms with van der Waals surface area (Å²) in [6.45, 7) is 3.53. The number of thiophene rings is 1. The molecule has 0 aliphatic carbocycles. The van der Waals surface area contributed by atoms with E-state index in [1.54, 1.807) is 25.5 Å². The van der Waals surface area contributed by atoms with Gasteiger partial charge in [-0.2, -0.15) is 5.10 Å². The highest BCUT2D eigenvalue weighted by Gasteiger charge is 2.18. The van der Waals surface area contributed by atoms with Gasteiger partial charge in [-0.15, -0.1) is 11.3 Å². The molecule has 5 aromatic heterocycles. The Kier molecular flexibility index (Phi) is 6.85. The van der Waals surface area contributed by atoms with Crippen LogP contribution in [0.3, 0.4) is 0 Å². The Morgan fingerprint density at radius 2 is 1.88 bits per heavy atom. The molecular formula is C32H29N7O2S. The molecule has 0 atom stereocenters. The molecule has 1 aromatic carbocycles. The van der Waals surface area contributed by atoms with Crippen molar-refractivity contribution in [2.75, 3.05) is 18.4 Å². The summed E-state index contributed by atoms with van der Waals surface area (Å²) in [6.07, 6.45) is 7.86. The van der Waals surface area contributed by atoms with E-state index in [-0.39, 0.29) is 11.7 Å². The Balaban J connectivity index is 1.19. The summed E-state index contributed by atoms with van der Waals surface area (Å²) in [7, 11) is 0. The third-order valence-corrected chi connectivity index (χ3v) is 9.08. The number of benzene rings is 1. The molecule has 0 spiro atoms. The number of hydrogen-bond donors (Lipinski definition) is 4. The van der Waals surface area contributed by atoms with E-state index in [4.69, 9.17) is 0 Å². The summed E-state index contributed by atoms with van der Waals surface area (Å²) in [5.41, 5.74) is 6.87. The molecule has 4 N–H and O–H groups in total. The summed E-state index contributed by atoms with van der Waals surface area (Å²) >= 11 is 1.48. The van der Waals surface area contributed by atoms with Crippen LogP contribution in [-0.2, 0) is 4.79 Å².